The number of thioether (sulfide) groups is 1. The first kappa shape index (κ1) is 20.9. The van der Waals surface area contributed by atoms with Crippen molar-refractivity contribution >= 4 is 23.4 Å². The number of hydrogen-bond donors (Lipinski definition) is 1. The number of rotatable bonds is 5. The molecule has 0 saturated carbocycles. The number of aromatic amines is 1. The topological polar surface area (TPSA) is 69.3 Å². The van der Waals surface area contributed by atoms with Gasteiger partial charge in [0.25, 0.3) is 5.56 Å². The molecule has 2 aliphatic heterocycles. The molecule has 0 radical (unpaired) electrons. The van der Waals surface area contributed by atoms with E-state index in [1.54, 1.807) is 12.1 Å². The summed E-state index contributed by atoms with van der Waals surface area (Å²) in [6, 6.07) is 14.4. The van der Waals surface area contributed by atoms with Gasteiger partial charge in [0.05, 0.1) is 17.0 Å². The molecule has 1 N–H and O–H groups in total. The van der Waals surface area contributed by atoms with Gasteiger partial charge in [-0.15, -0.1) is 0 Å². The average Bonchev–Trinajstić information content (AvgIpc) is 3.24. The van der Waals surface area contributed by atoms with Crippen molar-refractivity contribution in [2.24, 2.45) is 0 Å². The van der Waals surface area contributed by atoms with Crippen molar-refractivity contribution < 1.29 is 9.18 Å². The van der Waals surface area contributed by atoms with Gasteiger partial charge in [-0.3, -0.25) is 14.5 Å². The molecular formula is C24H23FN4O2S. The Balaban J connectivity index is 1.23. The molecule has 0 fully saturated rings. The lowest BCUT2D eigenvalue weighted by atomic mass is 10.1. The Kier molecular flexibility index (Phi) is 5.80. The lowest BCUT2D eigenvalue weighted by Gasteiger charge is -2.27. The quantitative estimate of drug-likeness (QED) is 0.478. The summed E-state index contributed by atoms with van der Waals surface area (Å²) in [7, 11) is 0. The van der Waals surface area contributed by atoms with E-state index in [0.29, 0.717) is 36.8 Å². The molecule has 0 spiro atoms. The number of nitrogens with one attached hydrogen (secondary N) is 1. The molecule has 0 unspecified atom stereocenters. The number of carbonyl (C=O) groups is 1. The zero-order valence-electron chi connectivity index (χ0n) is 17.5. The highest BCUT2D eigenvalue weighted by Gasteiger charge is 2.25. The number of aromatic nitrogens is 2. The summed E-state index contributed by atoms with van der Waals surface area (Å²) in [5.41, 5.74) is 4.49. The Morgan fingerprint density at radius 3 is 2.75 bits per heavy atom. The molecular weight excluding hydrogens is 427 g/mol. The molecule has 3 aromatic rings. The van der Waals surface area contributed by atoms with Crippen molar-refractivity contribution in [3.8, 4) is 0 Å². The van der Waals surface area contributed by atoms with Crippen LogP contribution < -0.4 is 10.5 Å². The summed E-state index contributed by atoms with van der Waals surface area (Å²) in [5, 5.41) is 0.488. The highest BCUT2D eigenvalue weighted by atomic mass is 32.2. The van der Waals surface area contributed by atoms with E-state index in [2.05, 4.69) is 20.9 Å². The van der Waals surface area contributed by atoms with Crippen molar-refractivity contribution in [3.05, 3.63) is 87.1 Å². The van der Waals surface area contributed by atoms with Crippen LogP contribution in [0.15, 0.2) is 58.5 Å². The van der Waals surface area contributed by atoms with Crippen molar-refractivity contribution in [2.45, 2.75) is 31.1 Å². The molecule has 2 aromatic carbocycles. The lowest BCUT2D eigenvalue weighted by Crippen LogP contribution is -2.35. The van der Waals surface area contributed by atoms with Crippen LogP contribution in [0, 0.1) is 5.82 Å². The average molecular weight is 451 g/mol. The Hall–Kier alpha value is -2.97. The number of hydrogen-bond acceptors (Lipinski definition) is 5. The summed E-state index contributed by atoms with van der Waals surface area (Å²) < 4.78 is 13.1. The molecule has 32 heavy (non-hydrogen) atoms. The van der Waals surface area contributed by atoms with E-state index in [9.17, 15) is 14.0 Å². The van der Waals surface area contributed by atoms with Crippen LogP contribution >= 0.6 is 11.8 Å². The van der Waals surface area contributed by atoms with Crippen LogP contribution in [0.3, 0.4) is 0 Å². The molecule has 0 aliphatic carbocycles. The van der Waals surface area contributed by atoms with Gasteiger partial charge in [0.1, 0.15) is 5.82 Å². The van der Waals surface area contributed by atoms with E-state index >= 15 is 0 Å². The second kappa shape index (κ2) is 8.88. The van der Waals surface area contributed by atoms with Gasteiger partial charge in [-0.2, -0.15) is 0 Å². The predicted octanol–water partition coefficient (Wildman–Crippen LogP) is 3.15. The molecule has 0 atom stereocenters. The zero-order chi connectivity index (χ0) is 22.1. The first-order valence-electron chi connectivity index (χ1n) is 10.7. The third-order valence-corrected chi connectivity index (χ3v) is 6.82. The smallest absolute Gasteiger partial charge is 0.256 e. The van der Waals surface area contributed by atoms with E-state index < -0.39 is 0 Å². The monoisotopic (exact) mass is 450 g/mol. The maximum atomic E-state index is 13.1. The van der Waals surface area contributed by atoms with Gasteiger partial charge in [-0.25, -0.2) is 9.37 Å². The summed E-state index contributed by atoms with van der Waals surface area (Å²) in [6.45, 7) is 2.62. The van der Waals surface area contributed by atoms with Gasteiger partial charge in [0.2, 0.25) is 5.91 Å². The third kappa shape index (κ3) is 4.33. The van der Waals surface area contributed by atoms with Gasteiger partial charge in [0, 0.05) is 38.3 Å². The van der Waals surface area contributed by atoms with Crippen LogP contribution in [0.4, 0.5) is 10.1 Å². The molecule has 3 heterocycles. The van der Waals surface area contributed by atoms with Gasteiger partial charge in [0.15, 0.2) is 5.16 Å². The van der Waals surface area contributed by atoms with E-state index in [-0.39, 0.29) is 23.0 Å². The Morgan fingerprint density at radius 2 is 1.91 bits per heavy atom. The molecule has 2 aliphatic rings. The highest BCUT2D eigenvalue weighted by Crippen LogP contribution is 2.28. The van der Waals surface area contributed by atoms with Gasteiger partial charge < -0.3 is 9.88 Å². The minimum absolute atomic E-state index is 0.0193. The van der Waals surface area contributed by atoms with Crippen molar-refractivity contribution in [3.63, 3.8) is 0 Å². The minimum atomic E-state index is -0.254. The second-order valence-corrected chi connectivity index (χ2v) is 9.06. The van der Waals surface area contributed by atoms with E-state index in [0.717, 1.165) is 29.9 Å². The lowest BCUT2D eigenvalue weighted by molar-refractivity contribution is -0.116. The first-order valence-corrected chi connectivity index (χ1v) is 11.7. The number of amides is 1. The number of nitrogens with zero attached hydrogens (tertiary/aromatic N) is 3. The van der Waals surface area contributed by atoms with Crippen LogP contribution in [-0.4, -0.2) is 39.6 Å². The summed E-state index contributed by atoms with van der Waals surface area (Å²) in [5.74, 6) is -0.00568. The van der Waals surface area contributed by atoms with Crippen LogP contribution in [-0.2, 0) is 30.7 Å². The SMILES string of the molecule is O=C(CSc1nc2c(c(=O)[nH]1)CN(Cc1ccc(F)cc1)CC2)N1CCc2ccccc21. The molecule has 1 aromatic heterocycles. The van der Waals surface area contributed by atoms with Crippen molar-refractivity contribution in [2.75, 3.05) is 23.7 Å². The molecule has 164 valence electrons. The number of benzene rings is 2. The standard InChI is InChI=1S/C24H23FN4O2S/c25-18-7-5-16(6-8-18)13-28-11-10-20-19(14-28)23(31)27-24(26-20)32-15-22(30)29-12-9-17-3-1-2-4-21(17)29/h1-8H,9-15H2,(H,26,27,31). The van der Waals surface area contributed by atoms with Gasteiger partial charge in [-0.05, 0) is 35.7 Å². The number of H-pyrrole nitrogens is 1. The third-order valence-electron chi connectivity index (χ3n) is 5.97. The number of fused-ring (bicyclic) bond motifs is 2. The van der Waals surface area contributed by atoms with Crippen LogP contribution in [0.5, 0.6) is 0 Å². The largest absolute Gasteiger partial charge is 0.311 e. The van der Waals surface area contributed by atoms with Gasteiger partial charge >= 0.3 is 0 Å². The molecule has 8 heteroatoms. The van der Waals surface area contributed by atoms with E-state index in [4.69, 9.17) is 0 Å². The van der Waals surface area contributed by atoms with Gasteiger partial charge in [-0.1, -0.05) is 42.1 Å². The fourth-order valence-electron chi connectivity index (χ4n) is 4.31. The second-order valence-electron chi connectivity index (χ2n) is 8.10. The fraction of sp³-hybridized carbons (Fsp3) is 0.292. The summed E-state index contributed by atoms with van der Waals surface area (Å²) in [4.78, 5) is 36.9. The highest BCUT2D eigenvalue weighted by molar-refractivity contribution is 7.99. The molecule has 0 saturated heterocycles. The van der Waals surface area contributed by atoms with E-state index in [1.165, 1.54) is 29.5 Å². The Labute approximate surface area is 189 Å². The zero-order valence-corrected chi connectivity index (χ0v) is 18.3. The Bertz CT molecular complexity index is 1210. The Morgan fingerprint density at radius 1 is 1.09 bits per heavy atom. The van der Waals surface area contributed by atoms with Crippen LogP contribution in [0.2, 0.25) is 0 Å². The van der Waals surface area contributed by atoms with E-state index in [1.807, 2.05) is 23.1 Å². The number of para-hydroxylation sites is 1. The maximum absolute atomic E-state index is 13.1. The predicted molar refractivity (Wildman–Crippen MR) is 122 cm³/mol. The first-order chi connectivity index (χ1) is 15.6. The molecule has 5 rings (SSSR count). The normalized spacial score (nSPS) is 15.5. The maximum Gasteiger partial charge on any atom is 0.256 e. The van der Waals surface area contributed by atoms with Crippen LogP contribution in [0.25, 0.3) is 0 Å². The molecule has 6 nitrogen and oxygen atoms in total. The minimum Gasteiger partial charge on any atom is -0.311 e. The number of carbonyl (C=O) groups excluding carboxylic acids is 1. The van der Waals surface area contributed by atoms with Crippen molar-refractivity contribution in [1.82, 2.24) is 14.9 Å². The van der Waals surface area contributed by atoms with Crippen LogP contribution in [0.1, 0.15) is 22.4 Å². The molecule has 0 bridgehead atoms. The fourth-order valence-corrected chi connectivity index (χ4v) is 5.07. The van der Waals surface area contributed by atoms with Crippen molar-refractivity contribution in [1.29, 1.82) is 0 Å². The summed E-state index contributed by atoms with van der Waals surface area (Å²) >= 11 is 1.27. The molecule has 1 amide bonds. The number of halogens is 1. The summed E-state index contributed by atoms with van der Waals surface area (Å²) in [6.07, 6.45) is 1.54. The number of anilines is 1.